The molecule has 0 amide bonds. The fourth-order valence-corrected chi connectivity index (χ4v) is 2.89. The lowest BCUT2D eigenvalue weighted by Gasteiger charge is -2.14. The first-order valence-electron chi connectivity index (χ1n) is 5.96. The first-order valence-corrected chi connectivity index (χ1v) is 6.78. The highest BCUT2D eigenvalue weighted by atomic mass is 32.1. The summed E-state index contributed by atoms with van der Waals surface area (Å²) >= 11 is 1.75. The van der Waals surface area contributed by atoms with Gasteiger partial charge >= 0.3 is 5.69 Å². The van der Waals surface area contributed by atoms with E-state index in [0.717, 1.165) is 6.42 Å². The molecule has 2 heterocycles. The van der Waals surface area contributed by atoms with Crippen molar-refractivity contribution in [3.8, 4) is 0 Å². The van der Waals surface area contributed by atoms with Crippen molar-refractivity contribution in [3.63, 3.8) is 0 Å². The molecule has 6 heteroatoms. The van der Waals surface area contributed by atoms with Crippen LogP contribution in [0.5, 0.6) is 0 Å². The Morgan fingerprint density at radius 2 is 2.26 bits per heavy atom. The predicted molar refractivity (Wildman–Crippen MR) is 76.7 cm³/mol. The summed E-state index contributed by atoms with van der Waals surface area (Å²) in [5, 5.41) is 14.1. The summed E-state index contributed by atoms with van der Waals surface area (Å²) < 4.78 is 0. The van der Waals surface area contributed by atoms with Crippen LogP contribution < -0.4 is 5.32 Å². The van der Waals surface area contributed by atoms with E-state index in [-0.39, 0.29) is 11.7 Å². The minimum atomic E-state index is -0.419. The molecular formula is C13H15N3O2S. The van der Waals surface area contributed by atoms with Crippen LogP contribution in [0.15, 0.2) is 30.6 Å². The van der Waals surface area contributed by atoms with Gasteiger partial charge in [0.05, 0.1) is 4.92 Å². The van der Waals surface area contributed by atoms with Gasteiger partial charge in [-0.1, -0.05) is 0 Å². The topological polar surface area (TPSA) is 68.1 Å². The number of nitrogens with zero attached hydrogens (tertiary/aromatic N) is 2. The Morgan fingerprint density at radius 1 is 1.47 bits per heavy atom. The Kier molecular flexibility index (Phi) is 4.11. The van der Waals surface area contributed by atoms with E-state index in [1.807, 2.05) is 6.92 Å². The SMILES string of the molecule is Cc1ccc(CC(C)Nc2ccncc2[N+](=O)[O-])s1. The third-order valence-electron chi connectivity index (χ3n) is 2.70. The van der Waals surface area contributed by atoms with Crippen LogP contribution in [0.1, 0.15) is 16.7 Å². The average Bonchev–Trinajstić information content (AvgIpc) is 2.75. The molecule has 0 aliphatic carbocycles. The van der Waals surface area contributed by atoms with E-state index in [1.54, 1.807) is 23.6 Å². The summed E-state index contributed by atoms with van der Waals surface area (Å²) in [6.45, 7) is 4.08. The van der Waals surface area contributed by atoms with Gasteiger partial charge in [0.25, 0.3) is 0 Å². The molecule has 0 saturated carbocycles. The minimum Gasteiger partial charge on any atom is -0.377 e. The van der Waals surface area contributed by atoms with Crippen LogP contribution in [0.2, 0.25) is 0 Å². The smallest absolute Gasteiger partial charge is 0.310 e. The second kappa shape index (κ2) is 5.79. The molecule has 5 nitrogen and oxygen atoms in total. The lowest BCUT2D eigenvalue weighted by atomic mass is 10.2. The Hall–Kier alpha value is -1.95. The number of nitro groups is 1. The molecule has 100 valence electrons. The van der Waals surface area contributed by atoms with Gasteiger partial charge in [-0.25, -0.2) is 0 Å². The van der Waals surface area contributed by atoms with Crippen molar-refractivity contribution in [1.29, 1.82) is 0 Å². The van der Waals surface area contributed by atoms with Crippen LogP contribution >= 0.6 is 11.3 Å². The zero-order chi connectivity index (χ0) is 13.8. The highest BCUT2D eigenvalue weighted by molar-refractivity contribution is 7.11. The molecule has 1 unspecified atom stereocenters. The van der Waals surface area contributed by atoms with Crippen LogP contribution in [-0.4, -0.2) is 15.9 Å². The van der Waals surface area contributed by atoms with Gasteiger partial charge in [-0.05, 0) is 32.0 Å². The Balaban J connectivity index is 2.06. The lowest BCUT2D eigenvalue weighted by Crippen LogP contribution is -2.18. The van der Waals surface area contributed by atoms with Crippen molar-refractivity contribution in [1.82, 2.24) is 4.98 Å². The summed E-state index contributed by atoms with van der Waals surface area (Å²) in [4.78, 5) is 16.8. The zero-order valence-corrected chi connectivity index (χ0v) is 11.6. The number of hydrogen-bond acceptors (Lipinski definition) is 5. The maximum absolute atomic E-state index is 10.9. The number of nitrogens with one attached hydrogen (secondary N) is 1. The van der Waals surface area contributed by atoms with Crippen LogP contribution in [0.25, 0.3) is 0 Å². The van der Waals surface area contributed by atoms with Gasteiger partial charge in [-0.15, -0.1) is 11.3 Å². The van der Waals surface area contributed by atoms with Crippen molar-refractivity contribution in [2.45, 2.75) is 26.3 Å². The Bertz CT molecular complexity index is 583. The number of anilines is 1. The summed E-state index contributed by atoms with van der Waals surface area (Å²) in [6.07, 6.45) is 3.67. The second-order valence-electron chi connectivity index (χ2n) is 4.41. The predicted octanol–water partition coefficient (Wildman–Crippen LogP) is 3.40. The molecule has 0 spiro atoms. The third-order valence-corrected chi connectivity index (χ3v) is 3.73. The van der Waals surface area contributed by atoms with Gasteiger partial charge in [0.1, 0.15) is 11.9 Å². The van der Waals surface area contributed by atoms with Crippen LogP contribution in [0, 0.1) is 17.0 Å². The largest absolute Gasteiger partial charge is 0.377 e. The van der Waals surface area contributed by atoms with Crippen molar-refractivity contribution in [2.24, 2.45) is 0 Å². The molecule has 19 heavy (non-hydrogen) atoms. The zero-order valence-electron chi connectivity index (χ0n) is 10.8. The first-order chi connectivity index (χ1) is 9.06. The highest BCUT2D eigenvalue weighted by Crippen LogP contribution is 2.24. The Morgan fingerprint density at radius 3 is 2.89 bits per heavy atom. The summed E-state index contributed by atoms with van der Waals surface area (Å²) in [7, 11) is 0. The molecule has 0 aromatic carbocycles. The molecule has 2 aromatic rings. The molecule has 0 bridgehead atoms. The van der Waals surface area contributed by atoms with Gasteiger partial charge in [0.15, 0.2) is 0 Å². The molecular weight excluding hydrogens is 262 g/mol. The van der Waals surface area contributed by atoms with Crippen molar-refractivity contribution < 1.29 is 4.92 Å². The molecule has 2 rings (SSSR count). The van der Waals surface area contributed by atoms with Crippen molar-refractivity contribution in [2.75, 3.05) is 5.32 Å². The summed E-state index contributed by atoms with van der Waals surface area (Å²) in [5.41, 5.74) is 0.525. The number of rotatable bonds is 5. The molecule has 0 aliphatic rings. The monoisotopic (exact) mass is 277 g/mol. The van der Waals surface area contributed by atoms with E-state index in [4.69, 9.17) is 0 Å². The fourth-order valence-electron chi connectivity index (χ4n) is 1.87. The molecule has 0 aliphatic heterocycles. The van der Waals surface area contributed by atoms with E-state index in [0.29, 0.717) is 5.69 Å². The standard InChI is InChI=1S/C13H15N3O2S/c1-9(7-11-4-3-10(2)19-11)15-12-5-6-14-8-13(12)16(17)18/h3-6,8-9H,7H2,1-2H3,(H,14,15). The van der Waals surface area contributed by atoms with Gasteiger partial charge in [-0.3, -0.25) is 15.1 Å². The number of thiophene rings is 1. The third kappa shape index (κ3) is 3.51. The number of aryl methyl sites for hydroxylation is 1. The van der Waals surface area contributed by atoms with Gasteiger partial charge in [0, 0.05) is 28.4 Å². The Labute approximate surface area is 115 Å². The normalized spacial score (nSPS) is 12.1. The van der Waals surface area contributed by atoms with Crippen LogP contribution in [0.3, 0.4) is 0 Å². The first kappa shape index (κ1) is 13.5. The molecule has 2 aromatic heterocycles. The molecule has 0 radical (unpaired) electrons. The minimum absolute atomic E-state index is 0.0108. The van der Waals surface area contributed by atoms with Gasteiger partial charge in [0.2, 0.25) is 0 Å². The van der Waals surface area contributed by atoms with Crippen LogP contribution in [-0.2, 0) is 6.42 Å². The van der Waals surface area contributed by atoms with E-state index < -0.39 is 4.92 Å². The number of pyridine rings is 1. The summed E-state index contributed by atoms with van der Waals surface area (Å²) in [5.74, 6) is 0. The van der Waals surface area contributed by atoms with Gasteiger partial charge < -0.3 is 5.32 Å². The van der Waals surface area contributed by atoms with Crippen molar-refractivity contribution in [3.05, 3.63) is 50.5 Å². The summed E-state index contributed by atoms with van der Waals surface area (Å²) in [6, 6.07) is 5.94. The molecule has 0 saturated heterocycles. The molecule has 0 fully saturated rings. The fraction of sp³-hybridized carbons (Fsp3) is 0.308. The average molecular weight is 277 g/mol. The number of hydrogen-bond donors (Lipinski definition) is 1. The second-order valence-corrected chi connectivity index (χ2v) is 5.78. The van der Waals surface area contributed by atoms with E-state index >= 15 is 0 Å². The maximum Gasteiger partial charge on any atom is 0.310 e. The lowest BCUT2D eigenvalue weighted by molar-refractivity contribution is -0.384. The van der Waals surface area contributed by atoms with Crippen molar-refractivity contribution >= 4 is 22.7 Å². The highest BCUT2D eigenvalue weighted by Gasteiger charge is 2.15. The van der Waals surface area contributed by atoms with Gasteiger partial charge in [-0.2, -0.15) is 0 Å². The van der Waals surface area contributed by atoms with E-state index in [1.165, 1.54) is 16.0 Å². The van der Waals surface area contributed by atoms with E-state index in [2.05, 4.69) is 29.4 Å². The molecule has 1 atom stereocenters. The van der Waals surface area contributed by atoms with E-state index in [9.17, 15) is 10.1 Å². The molecule has 1 N–H and O–H groups in total. The van der Waals surface area contributed by atoms with Crippen LogP contribution in [0.4, 0.5) is 11.4 Å². The number of aromatic nitrogens is 1. The quantitative estimate of drug-likeness (QED) is 0.671. The maximum atomic E-state index is 10.9.